The molecule has 0 fully saturated rings. The smallest absolute Gasteiger partial charge is 0.537 e. The van der Waals surface area contributed by atoms with Gasteiger partial charge in [-0.1, -0.05) is 91.0 Å². The maximum Gasteiger partial charge on any atom is 0.569 e. The number of hydrogen-bond acceptors (Lipinski definition) is 5. The largest absolute Gasteiger partial charge is 0.569 e. The van der Waals surface area contributed by atoms with E-state index in [9.17, 15) is 0 Å². The number of para-hydroxylation sites is 1. The molecule has 0 aliphatic heterocycles. The molecule has 0 spiro atoms. The number of nitrogens with zero attached hydrogens (tertiary/aromatic N) is 4. The van der Waals surface area contributed by atoms with Gasteiger partial charge in [0.1, 0.15) is 5.75 Å². The van der Waals surface area contributed by atoms with Gasteiger partial charge in [0.25, 0.3) is 0 Å². The average Bonchev–Trinajstić information content (AvgIpc) is 3.36. The number of fused-ring (bicyclic) bond motifs is 3. The molecule has 0 amide bonds. The molecular formula is C33H22BN4O2. The van der Waals surface area contributed by atoms with Crippen molar-refractivity contribution in [1.29, 1.82) is 0 Å². The number of aromatic nitrogens is 4. The van der Waals surface area contributed by atoms with Crippen LogP contribution in [0, 0.1) is 0 Å². The Hall–Kier alpha value is -5.27. The van der Waals surface area contributed by atoms with E-state index in [0.717, 1.165) is 44.2 Å². The predicted octanol–water partition coefficient (Wildman–Crippen LogP) is 6.88. The Kier molecular flexibility index (Phi) is 6.03. The zero-order valence-electron chi connectivity index (χ0n) is 21.3. The molecule has 0 aliphatic carbocycles. The van der Waals surface area contributed by atoms with Gasteiger partial charge in [0.2, 0.25) is 0 Å². The first-order chi connectivity index (χ1) is 19.8. The number of rotatable bonds is 6. The molecule has 2 heterocycles. The maximum absolute atomic E-state index is 9.14. The highest BCUT2D eigenvalue weighted by molar-refractivity contribution is 6.17. The molecular weight excluding hydrogens is 495 g/mol. The van der Waals surface area contributed by atoms with Crippen molar-refractivity contribution in [2.24, 2.45) is 0 Å². The van der Waals surface area contributed by atoms with Crippen LogP contribution in [0.1, 0.15) is 0 Å². The van der Waals surface area contributed by atoms with Crippen molar-refractivity contribution in [3.63, 3.8) is 0 Å². The summed E-state index contributed by atoms with van der Waals surface area (Å²) >= 11 is 0. The van der Waals surface area contributed by atoms with Gasteiger partial charge in [0.05, 0.1) is 11.0 Å². The summed E-state index contributed by atoms with van der Waals surface area (Å²) in [6.07, 6.45) is 0. The molecule has 7 rings (SSSR count). The fraction of sp³-hybridized carbons (Fsp3) is 0. The molecule has 7 heteroatoms. The minimum atomic E-state index is 0.568. The van der Waals surface area contributed by atoms with E-state index < -0.39 is 0 Å². The molecule has 7 aromatic rings. The van der Waals surface area contributed by atoms with Crippen molar-refractivity contribution in [2.75, 3.05) is 0 Å². The monoisotopic (exact) mass is 517 g/mol. The van der Waals surface area contributed by atoms with Crippen molar-refractivity contribution in [3.05, 3.63) is 127 Å². The van der Waals surface area contributed by atoms with Crippen molar-refractivity contribution in [1.82, 2.24) is 19.5 Å². The molecule has 40 heavy (non-hydrogen) atoms. The fourth-order valence-corrected chi connectivity index (χ4v) is 5.09. The summed E-state index contributed by atoms with van der Waals surface area (Å²) in [4.78, 5) is 14.6. The summed E-state index contributed by atoms with van der Waals surface area (Å²) < 4.78 is 7.47. The van der Waals surface area contributed by atoms with Crippen molar-refractivity contribution in [3.8, 4) is 45.6 Å². The molecule has 0 unspecified atom stereocenters. The first kappa shape index (κ1) is 23.8. The van der Waals surface area contributed by atoms with E-state index in [1.165, 1.54) is 0 Å². The summed E-state index contributed by atoms with van der Waals surface area (Å²) in [5.41, 5.74) is 5.81. The van der Waals surface area contributed by atoms with E-state index >= 15 is 0 Å². The second-order valence-electron chi connectivity index (χ2n) is 9.34. The lowest BCUT2D eigenvalue weighted by molar-refractivity contribution is 0.454. The van der Waals surface area contributed by atoms with Gasteiger partial charge in [-0.05, 0) is 36.4 Å². The quantitative estimate of drug-likeness (QED) is 0.244. The lowest BCUT2D eigenvalue weighted by Gasteiger charge is -2.11. The van der Waals surface area contributed by atoms with Crippen LogP contribution >= 0.6 is 0 Å². The molecule has 0 aliphatic rings. The summed E-state index contributed by atoms with van der Waals surface area (Å²) in [5, 5.41) is 11.3. The van der Waals surface area contributed by atoms with Crippen LogP contribution in [0.15, 0.2) is 127 Å². The van der Waals surface area contributed by atoms with E-state index in [1.807, 2.05) is 103 Å². The normalized spacial score (nSPS) is 11.1. The third kappa shape index (κ3) is 4.28. The van der Waals surface area contributed by atoms with Gasteiger partial charge in [0, 0.05) is 33.2 Å². The zero-order valence-corrected chi connectivity index (χ0v) is 21.3. The van der Waals surface area contributed by atoms with Gasteiger partial charge in [-0.3, -0.25) is 0 Å². The lowest BCUT2D eigenvalue weighted by atomic mass is 10.1. The van der Waals surface area contributed by atoms with Crippen molar-refractivity contribution in [2.45, 2.75) is 0 Å². The van der Waals surface area contributed by atoms with Crippen LogP contribution in [0.25, 0.3) is 61.7 Å². The standard InChI is InChI=1S/C33H22BN4O2/c39-34-40-26-18-19-30-28(21-26)27-16-7-8-17-29(27)38(30)25-15-9-14-24(20-25)33-36-31(22-10-3-1-4-11-22)35-32(37-33)23-12-5-2-6-13-23/h1-21,39H. The van der Waals surface area contributed by atoms with Crippen LogP contribution in [0.4, 0.5) is 0 Å². The third-order valence-corrected chi connectivity index (χ3v) is 6.89. The molecule has 1 N–H and O–H groups in total. The Bertz CT molecular complexity index is 1920. The minimum Gasteiger partial charge on any atom is -0.537 e. The molecule has 1 radical (unpaired) electrons. The molecule has 189 valence electrons. The molecule has 0 bridgehead atoms. The van der Waals surface area contributed by atoms with Gasteiger partial charge in [-0.2, -0.15) is 0 Å². The maximum atomic E-state index is 9.14. The van der Waals surface area contributed by atoms with Crippen LogP contribution in [0.2, 0.25) is 0 Å². The van der Waals surface area contributed by atoms with Crippen molar-refractivity contribution >= 4 is 29.5 Å². The highest BCUT2D eigenvalue weighted by atomic mass is 16.5. The van der Waals surface area contributed by atoms with Crippen LogP contribution in [-0.2, 0) is 0 Å². The third-order valence-electron chi connectivity index (χ3n) is 6.89. The van der Waals surface area contributed by atoms with E-state index in [-0.39, 0.29) is 0 Å². The Labute approximate surface area is 231 Å². The average molecular weight is 517 g/mol. The number of benzene rings is 5. The Morgan fingerprint density at radius 1 is 0.525 bits per heavy atom. The topological polar surface area (TPSA) is 73.1 Å². The highest BCUT2D eigenvalue weighted by Gasteiger charge is 2.16. The molecule has 0 saturated carbocycles. The summed E-state index contributed by atoms with van der Waals surface area (Å²) in [6.45, 7) is 0. The molecule has 5 aromatic carbocycles. The first-order valence-corrected chi connectivity index (χ1v) is 12.9. The fourth-order valence-electron chi connectivity index (χ4n) is 5.09. The van der Waals surface area contributed by atoms with Gasteiger partial charge >= 0.3 is 7.69 Å². The van der Waals surface area contributed by atoms with Crippen LogP contribution < -0.4 is 4.65 Å². The lowest BCUT2D eigenvalue weighted by Crippen LogP contribution is -2.01. The summed E-state index contributed by atoms with van der Waals surface area (Å²) in [6, 6.07) is 42.2. The molecule has 2 aromatic heterocycles. The van der Waals surface area contributed by atoms with E-state index in [0.29, 0.717) is 30.9 Å². The second kappa shape index (κ2) is 10.1. The van der Waals surface area contributed by atoms with Gasteiger partial charge in [-0.15, -0.1) is 0 Å². The van der Waals surface area contributed by atoms with Gasteiger partial charge < -0.3 is 14.2 Å². The van der Waals surface area contributed by atoms with Gasteiger partial charge in [0.15, 0.2) is 17.5 Å². The summed E-state index contributed by atoms with van der Waals surface area (Å²) in [5.74, 6) is 2.42. The van der Waals surface area contributed by atoms with E-state index in [4.69, 9.17) is 24.6 Å². The molecule has 6 nitrogen and oxygen atoms in total. The molecule has 0 saturated heterocycles. The Balaban J connectivity index is 1.42. The van der Waals surface area contributed by atoms with Gasteiger partial charge in [-0.25, -0.2) is 15.0 Å². The first-order valence-electron chi connectivity index (χ1n) is 12.9. The zero-order chi connectivity index (χ0) is 26.9. The Morgan fingerprint density at radius 3 is 1.77 bits per heavy atom. The van der Waals surface area contributed by atoms with Crippen molar-refractivity contribution < 1.29 is 9.68 Å². The SMILES string of the molecule is O[B]Oc1ccc2c(c1)c1ccccc1n2-c1cccc(-c2nc(-c3ccccc3)nc(-c3ccccc3)n2)c1. The molecule has 0 atom stereocenters. The van der Waals surface area contributed by atoms with E-state index in [2.05, 4.69) is 28.8 Å². The minimum absolute atomic E-state index is 0.568. The number of hydrogen-bond donors (Lipinski definition) is 1. The summed E-state index contributed by atoms with van der Waals surface area (Å²) in [7, 11) is 0.700. The predicted molar refractivity (Wildman–Crippen MR) is 159 cm³/mol. The second-order valence-corrected chi connectivity index (χ2v) is 9.34. The van der Waals surface area contributed by atoms with Crippen LogP contribution in [0.5, 0.6) is 5.75 Å². The Morgan fingerprint density at radius 2 is 1.10 bits per heavy atom. The van der Waals surface area contributed by atoms with E-state index in [1.54, 1.807) is 0 Å². The highest BCUT2D eigenvalue weighted by Crippen LogP contribution is 2.35. The van der Waals surface area contributed by atoms with Crippen LogP contribution in [0.3, 0.4) is 0 Å². The van der Waals surface area contributed by atoms with Crippen LogP contribution in [-0.4, -0.2) is 32.2 Å².